The average molecular weight is 284 g/mol. The van der Waals surface area contributed by atoms with E-state index in [0.29, 0.717) is 12.4 Å². The molecule has 0 amide bonds. The molecule has 0 bridgehead atoms. The number of sulfonamides is 1. The van der Waals surface area contributed by atoms with Gasteiger partial charge in [0.05, 0.1) is 0 Å². The lowest BCUT2D eigenvalue weighted by Gasteiger charge is -2.15. The molecule has 0 spiro atoms. The summed E-state index contributed by atoms with van der Waals surface area (Å²) in [5, 5.41) is 2.79. The predicted molar refractivity (Wildman–Crippen MR) is 74.6 cm³/mol. The maximum Gasteiger partial charge on any atom is 0.244 e. The van der Waals surface area contributed by atoms with Crippen LogP contribution in [0.3, 0.4) is 0 Å². The summed E-state index contributed by atoms with van der Waals surface area (Å²) < 4.78 is 27.0. The molecule has 1 aromatic rings. The Hall–Kier alpha value is -1.18. The summed E-state index contributed by atoms with van der Waals surface area (Å²) >= 11 is 0. The fraction of sp³-hybridized carbons (Fsp3) is 0.583. The summed E-state index contributed by atoms with van der Waals surface area (Å²) in [6, 6.07) is 3.17. The molecule has 0 radical (unpaired) electrons. The Balaban J connectivity index is 1.97. The van der Waals surface area contributed by atoms with Crippen LogP contribution in [0.4, 0.5) is 5.82 Å². The topological polar surface area (TPSA) is 74.3 Å². The fourth-order valence-corrected chi connectivity index (χ4v) is 3.40. The van der Waals surface area contributed by atoms with Gasteiger partial charge >= 0.3 is 0 Å². The molecule has 0 atom stereocenters. The SMILES string of the molecule is CNc1ncccc1S(=O)(=O)NCCN1CCCC1. The Morgan fingerprint density at radius 2 is 2.11 bits per heavy atom. The van der Waals surface area contributed by atoms with E-state index in [4.69, 9.17) is 0 Å². The average Bonchev–Trinajstić information content (AvgIpc) is 2.91. The third kappa shape index (κ3) is 3.65. The molecule has 19 heavy (non-hydrogen) atoms. The van der Waals surface area contributed by atoms with Gasteiger partial charge in [0.25, 0.3) is 0 Å². The third-order valence-electron chi connectivity index (χ3n) is 3.22. The molecule has 1 saturated heterocycles. The van der Waals surface area contributed by atoms with Gasteiger partial charge < -0.3 is 10.2 Å². The molecule has 2 rings (SSSR count). The summed E-state index contributed by atoms with van der Waals surface area (Å²) in [7, 11) is -1.84. The second kappa shape index (κ2) is 6.31. The highest BCUT2D eigenvalue weighted by Gasteiger charge is 2.19. The van der Waals surface area contributed by atoms with Crippen LogP contribution in [0.1, 0.15) is 12.8 Å². The van der Waals surface area contributed by atoms with E-state index < -0.39 is 10.0 Å². The largest absolute Gasteiger partial charge is 0.372 e. The monoisotopic (exact) mass is 284 g/mol. The van der Waals surface area contributed by atoms with E-state index in [9.17, 15) is 8.42 Å². The molecule has 1 aliphatic heterocycles. The van der Waals surface area contributed by atoms with Crippen LogP contribution in [0.5, 0.6) is 0 Å². The van der Waals surface area contributed by atoms with Crippen LogP contribution in [-0.2, 0) is 10.0 Å². The van der Waals surface area contributed by atoms with Crippen LogP contribution in [0.25, 0.3) is 0 Å². The third-order valence-corrected chi connectivity index (χ3v) is 4.71. The predicted octanol–water partition coefficient (Wildman–Crippen LogP) is 0.497. The maximum absolute atomic E-state index is 12.2. The summed E-state index contributed by atoms with van der Waals surface area (Å²) in [6.45, 7) is 3.32. The number of aromatic nitrogens is 1. The van der Waals surface area contributed by atoms with Gasteiger partial charge in [0.15, 0.2) is 0 Å². The standard InChI is InChI=1S/C12H20N4O2S/c1-13-12-11(5-4-6-14-12)19(17,18)15-7-10-16-8-2-3-9-16/h4-6,15H,2-3,7-10H2,1H3,(H,13,14). The van der Waals surface area contributed by atoms with E-state index >= 15 is 0 Å². The van der Waals surface area contributed by atoms with Gasteiger partial charge in [-0.05, 0) is 38.1 Å². The number of anilines is 1. The highest BCUT2D eigenvalue weighted by atomic mass is 32.2. The van der Waals surface area contributed by atoms with Crippen molar-refractivity contribution in [3.05, 3.63) is 18.3 Å². The van der Waals surface area contributed by atoms with Crippen molar-refractivity contribution < 1.29 is 8.42 Å². The first-order valence-corrected chi connectivity index (χ1v) is 7.96. The van der Waals surface area contributed by atoms with E-state index in [1.807, 2.05) is 0 Å². The molecular formula is C12H20N4O2S. The summed E-state index contributed by atoms with van der Waals surface area (Å²) in [5.41, 5.74) is 0. The van der Waals surface area contributed by atoms with Gasteiger partial charge in [0, 0.05) is 26.3 Å². The maximum atomic E-state index is 12.2. The first kappa shape index (κ1) is 14.2. The molecular weight excluding hydrogens is 264 g/mol. The van der Waals surface area contributed by atoms with Gasteiger partial charge in [-0.1, -0.05) is 0 Å². The first-order chi connectivity index (χ1) is 9.13. The van der Waals surface area contributed by atoms with Gasteiger partial charge in [0.2, 0.25) is 10.0 Å². The number of rotatable bonds is 6. The lowest BCUT2D eigenvalue weighted by Crippen LogP contribution is -2.33. The molecule has 1 fully saturated rings. The van der Waals surface area contributed by atoms with Crippen molar-refractivity contribution in [1.29, 1.82) is 0 Å². The zero-order valence-electron chi connectivity index (χ0n) is 11.1. The lowest BCUT2D eigenvalue weighted by atomic mass is 10.4. The number of nitrogens with zero attached hydrogens (tertiary/aromatic N) is 2. The van der Waals surface area contributed by atoms with Gasteiger partial charge in [-0.25, -0.2) is 18.1 Å². The van der Waals surface area contributed by atoms with Crippen LogP contribution >= 0.6 is 0 Å². The molecule has 0 aliphatic carbocycles. The highest BCUT2D eigenvalue weighted by Crippen LogP contribution is 2.16. The van der Waals surface area contributed by atoms with E-state index in [2.05, 4.69) is 19.9 Å². The Morgan fingerprint density at radius 3 is 2.79 bits per heavy atom. The summed E-state index contributed by atoms with van der Waals surface area (Å²) in [5.74, 6) is 0.371. The van der Waals surface area contributed by atoms with Crippen molar-refractivity contribution >= 4 is 15.8 Å². The second-order valence-corrected chi connectivity index (χ2v) is 6.28. The minimum absolute atomic E-state index is 0.193. The van der Waals surface area contributed by atoms with Crippen molar-refractivity contribution in [2.75, 3.05) is 38.5 Å². The van der Waals surface area contributed by atoms with E-state index in [1.165, 1.54) is 12.8 Å². The van der Waals surface area contributed by atoms with Gasteiger partial charge in [-0.2, -0.15) is 0 Å². The number of nitrogens with one attached hydrogen (secondary N) is 2. The van der Waals surface area contributed by atoms with E-state index in [0.717, 1.165) is 19.6 Å². The summed E-state index contributed by atoms with van der Waals surface area (Å²) in [6.07, 6.45) is 3.98. The zero-order valence-corrected chi connectivity index (χ0v) is 11.9. The number of hydrogen-bond acceptors (Lipinski definition) is 5. The zero-order chi connectivity index (χ0) is 13.7. The fourth-order valence-electron chi connectivity index (χ4n) is 2.22. The van der Waals surface area contributed by atoms with Gasteiger partial charge in [0.1, 0.15) is 10.7 Å². The van der Waals surface area contributed by atoms with Crippen LogP contribution in [0.2, 0.25) is 0 Å². The van der Waals surface area contributed by atoms with Gasteiger partial charge in [-0.3, -0.25) is 0 Å². The number of hydrogen-bond donors (Lipinski definition) is 2. The van der Waals surface area contributed by atoms with Crippen LogP contribution in [-0.4, -0.2) is 51.5 Å². The Morgan fingerprint density at radius 1 is 1.37 bits per heavy atom. The van der Waals surface area contributed by atoms with Crippen molar-refractivity contribution in [1.82, 2.24) is 14.6 Å². The number of pyridine rings is 1. The molecule has 1 aliphatic rings. The van der Waals surface area contributed by atoms with Crippen molar-refractivity contribution in [3.63, 3.8) is 0 Å². The first-order valence-electron chi connectivity index (χ1n) is 6.48. The molecule has 0 saturated carbocycles. The molecule has 2 N–H and O–H groups in total. The van der Waals surface area contributed by atoms with Crippen LogP contribution < -0.4 is 10.0 Å². The minimum Gasteiger partial charge on any atom is -0.372 e. The Labute approximate surface area is 114 Å². The Kier molecular flexibility index (Phi) is 4.73. The van der Waals surface area contributed by atoms with E-state index in [1.54, 1.807) is 25.4 Å². The quantitative estimate of drug-likeness (QED) is 0.795. The van der Waals surface area contributed by atoms with Crippen LogP contribution in [0, 0.1) is 0 Å². The lowest BCUT2D eigenvalue weighted by molar-refractivity contribution is 0.344. The van der Waals surface area contributed by atoms with Gasteiger partial charge in [-0.15, -0.1) is 0 Å². The highest BCUT2D eigenvalue weighted by molar-refractivity contribution is 7.89. The second-order valence-electron chi connectivity index (χ2n) is 4.55. The van der Waals surface area contributed by atoms with Crippen molar-refractivity contribution in [3.8, 4) is 0 Å². The molecule has 106 valence electrons. The van der Waals surface area contributed by atoms with Crippen molar-refractivity contribution in [2.45, 2.75) is 17.7 Å². The van der Waals surface area contributed by atoms with E-state index in [-0.39, 0.29) is 4.90 Å². The minimum atomic E-state index is -3.50. The smallest absolute Gasteiger partial charge is 0.244 e. The summed E-state index contributed by atoms with van der Waals surface area (Å²) in [4.78, 5) is 6.47. The van der Waals surface area contributed by atoms with Crippen molar-refractivity contribution in [2.24, 2.45) is 0 Å². The molecule has 7 heteroatoms. The molecule has 0 unspecified atom stereocenters. The van der Waals surface area contributed by atoms with Crippen LogP contribution in [0.15, 0.2) is 23.2 Å². The Bertz CT molecular complexity index is 512. The molecule has 6 nitrogen and oxygen atoms in total. The molecule has 0 aromatic carbocycles. The number of likely N-dealkylation sites (tertiary alicyclic amines) is 1. The normalized spacial score (nSPS) is 16.7. The molecule has 2 heterocycles. The molecule has 1 aromatic heterocycles.